The first-order valence-corrected chi connectivity index (χ1v) is 9.54. The van der Waals surface area contributed by atoms with Crippen LogP contribution in [0.5, 0.6) is 0 Å². The molecule has 1 aliphatic rings. The minimum Gasteiger partial charge on any atom is -0.353 e. The first kappa shape index (κ1) is 17.7. The Bertz CT molecular complexity index is 947. The number of nitrogens with zero attached hydrogens (tertiary/aromatic N) is 6. The molecule has 3 heterocycles. The minimum atomic E-state index is 0.0672. The number of rotatable bonds is 3. The Balaban J connectivity index is 1.43. The average Bonchev–Trinajstić information content (AvgIpc) is 3.15. The molecule has 8 heteroatoms. The first-order valence-electron chi connectivity index (χ1n) is 8.74. The number of amides is 1. The van der Waals surface area contributed by atoms with Gasteiger partial charge in [0.2, 0.25) is 0 Å². The number of piperazine rings is 1. The highest BCUT2D eigenvalue weighted by molar-refractivity contribution is 9.10. The van der Waals surface area contributed by atoms with Crippen molar-refractivity contribution in [3.63, 3.8) is 0 Å². The quantitative estimate of drug-likeness (QED) is 0.643. The van der Waals surface area contributed by atoms with Crippen LogP contribution in [-0.4, -0.2) is 56.7 Å². The van der Waals surface area contributed by atoms with Gasteiger partial charge in [-0.3, -0.25) is 4.79 Å². The van der Waals surface area contributed by atoms with Crippen LogP contribution >= 0.6 is 15.9 Å². The van der Waals surface area contributed by atoms with Gasteiger partial charge >= 0.3 is 0 Å². The maximum atomic E-state index is 12.7. The van der Waals surface area contributed by atoms with Crippen molar-refractivity contribution in [2.24, 2.45) is 0 Å². The predicted molar refractivity (Wildman–Crippen MR) is 106 cm³/mol. The van der Waals surface area contributed by atoms with E-state index in [1.807, 2.05) is 54.4 Å². The Kier molecular flexibility index (Phi) is 4.89. The summed E-state index contributed by atoms with van der Waals surface area (Å²) in [6, 6.07) is 11.3. The van der Waals surface area contributed by atoms with Crippen LogP contribution in [0.25, 0.3) is 5.82 Å². The van der Waals surface area contributed by atoms with Gasteiger partial charge in [-0.2, -0.15) is 5.10 Å². The number of aromatic nitrogens is 4. The van der Waals surface area contributed by atoms with Crippen molar-refractivity contribution < 1.29 is 4.79 Å². The molecule has 3 aromatic rings. The molecule has 0 bridgehead atoms. The number of hydrogen-bond donors (Lipinski definition) is 0. The van der Waals surface area contributed by atoms with Gasteiger partial charge in [-0.15, -0.1) is 0 Å². The van der Waals surface area contributed by atoms with E-state index in [0.29, 0.717) is 18.7 Å². The molecule has 0 radical (unpaired) electrons. The van der Waals surface area contributed by atoms with E-state index in [1.54, 1.807) is 11.0 Å². The summed E-state index contributed by atoms with van der Waals surface area (Å²) in [5.41, 5.74) is 1.65. The third-order valence-electron chi connectivity index (χ3n) is 4.58. The molecule has 0 unspecified atom stereocenters. The molecule has 0 saturated carbocycles. The Morgan fingerprint density at radius 2 is 1.70 bits per heavy atom. The van der Waals surface area contributed by atoms with Crippen molar-refractivity contribution in [1.82, 2.24) is 24.6 Å². The molecule has 27 heavy (non-hydrogen) atoms. The van der Waals surface area contributed by atoms with Gasteiger partial charge in [0, 0.05) is 48.5 Å². The zero-order chi connectivity index (χ0) is 18.8. The fraction of sp³-hybridized carbons (Fsp3) is 0.263. The number of carbonyl (C=O) groups is 1. The average molecular weight is 427 g/mol. The van der Waals surface area contributed by atoms with Gasteiger partial charge in [-0.25, -0.2) is 14.6 Å². The highest BCUT2D eigenvalue weighted by Gasteiger charge is 2.23. The van der Waals surface area contributed by atoms with Crippen molar-refractivity contribution in [3.8, 4) is 5.82 Å². The number of anilines is 1. The molecule has 0 aliphatic carbocycles. The topological polar surface area (TPSA) is 67.2 Å². The van der Waals surface area contributed by atoms with Crippen LogP contribution in [0.2, 0.25) is 0 Å². The summed E-state index contributed by atoms with van der Waals surface area (Å²) in [6.07, 6.45) is 3.44. The first-order chi connectivity index (χ1) is 13.1. The number of benzene rings is 1. The fourth-order valence-corrected chi connectivity index (χ4v) is 3.36. The lowest BCUT2D eigenvalue weighted by atomic mass is 10.2. The van der Waals surface area contributed by atoms with E-state index in [1.165, 1.54) is 0 Å². The lowest BCUT2D eigenvalue weighted by Crippen LogP contribution is -2.49. The Hall–Kier alpha value is -2.74. The summed E-state index contributed by atoms with van der Waals surface area (Å²) >= 11 is 3.40. The largest absolute Gasteiger partial charge is 0.353 e. The van der Waals surface area contributed by atoms with Crippen LogP contribution in [0.3, 0.4) is 0 Å². The third kappa shape index (κ3) is 3.85. The normalized spacial score (nSPS) is 14.4. The zero-order valence-corrected chi connectivity index (χ0v) is 16.5. The van der Waals surface area contributed by atoms with E-state index in [-0.39, 0.29) is 5.91 Å². The van der Waals surface area contributed by atoms with Gasteiger partial charge in [0.1, 0.15) is 12.1 Å². The Morgan fingerprint density at radius 3 is 2.37 bits per heavy atom. The van der Waals surface area contributed by atoms with E-state index in [9.17, 15) is 4.79 Å². The number of hydrogen-bond acceptors (Lipinski definition) is 5. The summed E-state index contributed by atoms with van der Waals surface area (Å²) in [7, 11) is 0. The van der Waals surface area contributed by atoms with Crippen LogP contribution in [0.4, 0.5) is 5.82 Å². The summed E-state index contributed by atoms with van der Waals surface area (Å²) in [4.78, 5) is 25.4. The summed E-state index contributed by atoms with van der Waals surface area (Å²) in [6.45, 7) is 4.73. The van der Waals surface area contributed by atoms with Crippen molar-refractivity contribution in [3.05, 3.63) is 64.7 Å². The van der Waals surface area contributed by atoms with Crippen molar-refractivity contribution in [2.75, 3.05) is 31.1 Å². The lowest BCUT2D eigenvalue weighted by Gasteiger charge is -2.35. The smallest absolute Gasteiger partial charge is 0.253 e. The molecular weight excluding hydrogens is 408 g/mol. The molecule has 4 rings (SSSR count). The maximum Gasteiger partial charge on any atom is 0.253 e. The van der Waals surface area contributed by atoms with Crippen molar-refractivity contribution in [1.29, 1.82) is 0 Å². The monoisotopic (exact) mass is 426 g/mol. The number of carbonyl (C=O) groups excluding carboxylic acids is 1. The van der Waals surface area contributed by atoms with E-state index in [2.05, 4.69) is 35.9 Å². The molecule has 1 amide bonds. The highest BCUT2D eigenvalue weighted by atomic mass is 79.9. The molecule has 1 saturated heterocycles. The van der Waals surface area contributed by atoms with Gasteiger partial charge in [-0.05, 0) is 37.3 Å². The number of halogens is 1. The van der Waals surface area contributed by atoms with Gasteiger partial charge in [-0.1, -0.05) is 15.9 Å². The number of aryl methyl sites for hydroxylation is 1. The second kappa shape index (κ2) is 7.48. The van der Waals surface area contributed by atoms with Crippen LogP contribution in [0, 0.1) is 6.92 Å². The molecule has 1 fully saturated rings. The maximum absolute atomic E-state index is 12.7. The zero-order valence-electron chi connectivity index (χ0n) is 14.9. The van der Waals surface area contributed by atoms with Gasteiger partial charge in [0.15, 0.2) is 5.82 Å². The molecule has 7 nitrogen and oxygen atoms in total. The molecule has 1 aliphatic heterocycles. The molecule has 2 aromatic heterocycles. The van der Waals surface area contributed by atoms with E-state index < -0.39 is 0 Å². The second-order valence-electron chi connectivity index (χ2n) is 6.42. The van der Waals surface area contributed by atoms with E-state index in [4.69, 9.17) is 0 Å². The standard InChI is InChI=1S/C19H19BrN6O/c1-14-6-7-26(23-14)18-12-17(21-13-22-18)24-8-10-25(11-9-24)19(27)15-2-4-16(20)5-3-15/h2-7,12-13H,8-11H2,1H3. The Morgan fingerprint density at radius 1 is 1.00 bits per heavy atom. The minimum absolute atomic E-state index is 0.0672. The molecule has 0 N–H and O–H groups in total. The van der Waals surface area contributed by atoms with E-state index >= 15 is 0 Å². The fourth-order valence-electron chi connectivity index (χ4n) is 3.09. The van der Waals surface area contributed by atoms with E-state index in [0.717, 1.165) is 34.9 Å². The van der Waals surface area contributed by atoms with Crippen LogP contribution in [0.15, 0.2) is 53.4 Å². The van der Waals surface area contributed by atoms with Crippen LogP contribution in [0.1, 0.15) is 16.1 Å². The van der Waals surface area contributed by atoms with Gasteiger partial charge in [0.05, 0.1) is 5.69 Å². The molecular formula is C19H19BrN6O. The third-order valence-corrected chi connectivity index (χ3v) is 5.11. The molecule has 138 valence electrons. The molecule has 1 aromatic carbocycles. The summed E-state index contributed by atoms with van der Waals surface area (Å²) in [5.74, 6) is 1.66. The SMILES string of the molecule is Cc1ccn(-c2cc(N3CCN(C(=O)c4ccc(Br)cc4)CC3)ncn2)n1. The summed E-state index contributed by atoms with van der Waals surface area (Å²) < 4.78 is 2.71. The molecule has 0 atom stereocenters. The van der Waals surface area contributed by atoms with Crippen LogP contribution < -0.4 is 4.90 Å². The highest BCUT2D eigenvalue weighted by Crippen LogP contribution is 2.18. The van der Waals surface area contributed by atoms with Crippen LogP contribution in [-0.2, 0) is 0 Å². The van der Waals surface area contributed by atoms with Gasteiger partial charge in [0.25, 0.3) is 5.91 Å². The Labute approximate surface area is 165 Å². The lowest BCUT2D eigenvalue weighted by molar-refractivity contribution is 0.0746. The second-order valence-corrected chi connectivity index (χ2v) is 7.34. The van der Waals surface area contributed by atoms with Crippen molar-refractivity contribution >= 4 is 27.7 Å². The van der Waals surface area contributed by atoms with Crippen molar-refractivity contribution in [2.45, 2.75) is 6.92 Å². The summed E-state index contributed by atoms with van der Waals surface area (Å²) in [5, 5.41) is 4.39. The predicted octanol–water partition coefficient (Wildman–Crippen LogP) is 2.70. The molecule has 0 spiro atoms. The van der Waals surface area contributed by atoms with Gasteiger partial charge < -0.3 is 9.80 Å².